The van der Waals surface area contributed by atoms with Crippen molar-refractivity contribution >= 4 is 18.1 Å². The largest absolute Gasteiger partial charge is 0.444 e. The number of nitrogens with zero attached hydrogens (tertiary/aromatic N) is 1. The fourth-order valence-electron chi connectivity index (χ4n) is 3.81. The van der Waals surface area contributed by atoms with Gasteiger partial charge in [0.15, 0.2) is 0 Å². The summed E-state index contributed by atoms with van der Waals surface area (Å²) in [5.41, 5.74) is 1.25. The van der Waals surface area contributed by atoms with Crippen molar-refractivity contribution in [2.75, 3.05) is 0 Å². The quantitative estimate of drug-likeness (QED) is 0.571. The van der Waals surface area contributed by atoms with Gasteiger partial charge in [0.1, 0.15) is 11.7 Å². The van der Waals surface area contributed by atoms with Gasteiger partial charge in [0.25, 0.3) is 0 Å². The lowest BCUT2D eigenvalue weighted by Gasteiger charge is -2.22. The predicted octanol–water partition coefficient (Wildman–Crippen LogP) is 5.18. The highest BCUT2D eigenvalue weighted by atomic mass is 16.6. The Kier molecular flexibility index (Phi) is 8.10. The van der Waals surface area contributed by atoms with Gasteiger partial charge in [-0.15, -0.1) is 0 Å². The van der Waals surface area contributed by atoms with Crippen molar-refractivity contribution in [2.45, 2.75) is 64.3 Å². The van der Waals surface area contributed by atoms with Crippen LogP contribution >= 0.6 is 0 Å². The van der Waals surface area contributed by atoms with Crippen LogP contribution in [0, 0.1) is 0 Å². The Hall–Kier alpha value is -3.61. The van der Waals surface area contributed by atoms with E-state index in [2.05, 4.69) is 5.32 Å². The van der Waals surface area contributed by atoms with Crippen molar-refractivity contribution in [1.82, 2.24) is 10.2 Å². The molecule has 0 unspecified atom stereocenters. The number of cyclic esters (lactones) is 1. The van der Waals surface area contributed by atoms with Crippen LogP contribution in [0.5, 0.6) is 0 Å². The molecule has 2 aromatic rings. The van der Waals surface area contributed by atoms with Crippen LogP contribution in [0.4, 0.5) is 9.59 Å². The second kappa shape index (κ2) is 11.0. The summed E-state index contributed by atoms with van der Waals surface area (Å²) in [5, 5.41) is 2.85. The smallest absolute Gasteiger partial charge is 0.417 e. The Morgan fingerprint density at radius 3 is 2.32 bits per heavy atom. The van der Waals surface area contributed by atoms with E-state index in [9.17, 15) is 14.4 Å². The van der Waals surface area contributed by atoms with Crippen LogP contribution in [0.3, 0.4) is 0 Å². The van der Waals surface area contributed by atoms with Crippen molar-refractivity contribution < 1.29 is 23.9 Å². The first-order valence-corrected chi connectivity index (χ1v) is 11.4. The third-order valence-corrected chi connectivity index (χ3v) is 5.33. The van der Waals surface area contributed by atoms with Crippen LogP contribution in [-0.2, 0) is 20.7 Å². The average molecular weight is 465 g/mol. The minimum Gasteiger partial charge on any atom is -0.444 e. The van der Waals surface area contributed by atoms with Gasteiger partial charge in [-0.1, -0.05) is 72.8 Å². The van der Waals surface area contributed by atoms with Crippen LogP contribution in [0.25, 0.3) is 0 Å². The molecule has 0 spiro atoms. The van der Waals surface area contributed by atoms with Gasteiger partial charge in [-0.25, -0.2) is 14.5 Å². The second-order valence-corrected chi connectivity index (χ2v) is 9.29. The van der Waals surface area contributed by atoms with E-state index in [0.717, 1.165) is 16.0 Å². The number of amides is 3. The van der Waals surface area contributed by atoms with E-state index in [1.807, 2.05) is 60.7 Å². The van der Waals surface area contributed by atoms with Gasteiger partial charge >= 0.3 is 12.2 Å². The zero-order chi connectivity index (χ0) is 24.7. The molecule has 7 nitrogen and oxygen atoms in total. The minimum absolute atomic E-state index is 0.00222. The zero-order valence-corrected chi connectivity index (χ0v) is 20.1. The fourth-order valence-corrected chi connectivity index (χ4v) is 3.81. The Morgan fingerprint density at radius 2 is 1.71 bits per heavy atom. The third kappa shape index (κ3) is 6.94. The molecule has 1 saturated heterocycles. The summed E-state index contributed by atoms with van der Waals surface area (Å²) < 4.78 is 10.8. The minimum atomic E-state index is -0.646. The summed E-state index contributed by atoms with van der Waals surface area (Å²) in [6, 6.07) is 18.3. The van der Waals surface area contributed by atoms with Crippen molar-refractivity contribution in [3.8, 4) is 0 Å². The number of ether oxygens (including phenoxy) is 2. The number of nitrogens with one attached hydrogen (secondary N) is 1. The van der Waals surface area contributed by atoms with E-state index in [-0.39, 0.29) is 18.4 Å². The number of hydrogen-bond acceptors (Lipinski definition) is 5. The summed E-state index contributed by atoms with van der Waals surface area (Å²) >= 11 is 0. The van der Waals surface area contributed by atoms with Crippen molar-refractivity contribution in [3.63, 3.8) is 0 Å². The summed E-state index contributed by atoms with van der Waals surface area (Å²) in [6.45, 7) is 7.19. The maximum absolute atomic E-state index is 12.9. The van der Waals surface area contributed by atoms with E-state index in [4.69, 9.17) is 9.47 Å². The molecule has 7 heteroatoms. The van der Waals surface area contributed by atoms with Gasteiger partial charge < -0.3 is 14.8 Å². The molecule has 1 aliphatic heterocycles. The molecule has 3 rings (SSSR count). The zero-order valence-electron chi connectivity index (χ0n) is 20.1. The summed E-state index contributed by atoms with van der Waals surface area (Å²) in [5.74, 6) is -0.358. The monoisotopic (exact) mass is 464 g/mol. The van der Waals surface area contributed by atoms with Crippen LogP contribution in [0.2, 0.25) is 0 Å². The van der Waals surface area contributed by atoms with Crippen LogP contribution < -0.4 is 5.32 Å². The molecule has 0 aromatic heterocycles. The summed E-state index contributed by atoms with van der Waals surface area (Å²) in [4.78, 5) is 38.7. The average Bonchev–Trinajstić information content (AvgIpc) is 3.07. The highest BCUT2D eigenvalue weighted by molar-refractivity contribution is 5.94. The molecule has 1 aliphatic rings. The molecular weight excluding hydrogens is 432 g/mol. The van der Waals surface area contributed by atoms with Crippen molar-refractivity contribution in [1.29, 1.82) is 0 Å². The lowest BCUT2D eigenvalue weighted by Crippen LogP contribution is -2.39. The topological polar surface area (TPSA) is 84.9 Å². The SMILES string of the molecule is C[C@@H]1[C@H](c2ccccc2)OC(=O)N1C(=O)C/C=C/[C@H](Cc1ccccc1)NC(=O)OC(C)(C)C. The first-order valence-electron chi connectivity index (χ1n) is 11.4. The lowest BCUT2D eigenvalue weighted by atomic mass is 10.0. The Morgan fingerprint density at radius 1 is 1.09 bits per heavy atom. The van der Waals surface area contributed by atoms with Gasteiger partial charge in [0.05, 0.1) is 12.1 Å². The van der Waals surface area contributed by atoms with Crippen LogP contribution in [0.1, 0.15) is 51.3 Å². The van der Waals surface area contributed by atoms with Gasteiger partial charge in [0, 0.05) is 6.42 Å². The molecule has 3 atom stereocenters. The molecule has 1 N–H and O–H groups in total. The Bertz CT molecular complexity index is 1010. The number of alkyl carbamates (subject to hydrolysis) is 1. The van der Waals surface area contributed by atoms with Gasteiger partial charge in [0.2, 0.25) is 5.91 Å². The fraction of sp³-hybridized carbons (Fsp3) is 0.370. The highest BCUT2D eigenvalue weighted by Crippen LogP contribution is 2.32. The van der Waals surface area contributed by atoms with Gasteiger partial charge in [-0.2, -0.15) is 0 Å². The number of benzene rings is 2. The van der Waals surface area contributed by atoms with Crippen LogP contribution in [0.15, 0.2) is 72.8 Å². The molecule has 0 bridgehead atoms. The Balaban J connectivity index is 1.65. The first kappa shape index (κ1) is 25.0. The van der Waals surface area contributed by atoms with E-state index in [1.165, 1.54) is 0 Å². The maximum Gasteiger partial charge on any atom is 0.417 e. The van der Waals surface area contributed by atoms with E-state index in [0.29, 0.717) is 6.42 Å². The van der Waals surface area contributed by atoms with E-state index >= 15 is 0 Å². The summed E-state index contributed by atoms with van der Waals surface area (Å²) in [7, 11) is 0. The standard InChI is InChI=1S/C27H32N2O5/c1-19-24(21-14-9-6-10-15-21)33-26(32)29(19)23(30)17-11-16-22(18-20-12-7-5-8-13-20)28-25(31)34-27(2,3)4/h5-16,19,22,24H,17-18H2,1-4H3,(H,28,31)/b16-11+/t19-,22-,24-/m1/s1. The molecule has 1 fully saturated rings. The van der Waals surface area contributed by atoms with Gasteiger partial charge in [-0.3, -0.25) is 4.79 Å². The molecule has 0 radical (unpaired) electrons. The highest BCUT2D eigenvalue weighted by Gasteiger charge is 2.42. The molecule has 34 heavy (non-hydrogen) atoms. The number of carbonyl (C=O) groups excluding carboxylic acids is 3. The number of imide groups is 1. The first-order chi connectivity index (χ1) is 16.1. The molecule has 0 aliphatic carbocycles. The number of carbonyl (C=O) groups is 3. The molecule has 1 heterocycles. The van der Waals surface area contributed by atoms with Crippen LogP contribution in [-0.4, -0.2) is 40.7 Å². The molecular formula is C27H32N2O5. The van der Waals surface area contributed by atoms with Crippen molar-refractivity contribution in [3.05, 3.63) is 83.9 Å². The molecule has 180 valence electrons. The maximum atomic E-state index is 12.9. The third-order valence-electron chi connectivity index (χ3n) is 5.33. The predicted molar refractivity (Wildman–Crippen MR) is 129 cm³/mol. The molecule has 2 aromatic carbocycles. The van der Waals surface area contributed by atoms with E-state index in [1.54, 1.807) is 39.8 Å². The Labute approximate surface area is 200 Å². The normalized spacial score (nSPS) is 19.1. The molecule has 0 saturated carbocycles. The number of rotatable bonds is 7. The van der Waals surface area contributed by atoms with Crippen molar-refractivity contribution in [2.24, 2.45) is 0 Å². The second-order valence-electron chi connectivity index (χ2n) is 9.29. The van der Waals surface area contributed by atoms with Gasteiger partial charge in [-0.05, 0) is 45.2 Å². The van der Waals surface area contributed by atoms with E-state index < -0.39 is 29.9 Å². The summed E-state index contributed by atoms with van der Waals surface area (Å²) in [6.07, 6.45) is 2.28. The molecule has 3 amide bonds. The number of hydrogen-bond donors (Lipinski definition) is 1. The lowest BCUT2D eigenvalue weighted by molar-refractivity contribution is -0.128.